The Hall–Kier alpha value is -1.78. The van der Waals surface area contributed by atoms with Crippen LogP contribution < -0.4 is 0 Å². The minimum absolute atomic E-state index is 0.0313. The van der Waals surface area contributed by atoms with Crippen molar-refractivity contribution >= 4 is 11.9 Å². The van der Waals surface area contributed by atoms with Crippen molar-refractivity contribution in [3.63, 3.8) is 0 Å². The molecule has 1 aromatic rings. The molecule has 0 aromatic carbocycles. The van der Waals surface area contributed by atoms with Crippen molar-refractivity contribution in [2.24, 2.45) is 17.8 Å². The average Bonchev–Trinajstić information content (AvgIpc) is 3.17. The van der Waals surface area contributed by atoms with Gasteiger partial charge < -0.3 is 15.0 Å². The van der Waals surface area contributed by atoms with Gasteiger partial charge in [0.15, 0.2) is 0 Å². The van der Waals surface area contributed by atoms with Crippen LogP contribution in [0.25, 0.3) is 0 Å². The van der Waals surface area contributed by atoms with E-state index in [1.807, 2.05) is 30.2 Å². The highest BCUT2D eigenvalue weighted by atomic mass is 16.4. The molecule has 5 heteroatoms. The van der Waals surface area contributed by atoms with Crippen molar-refractivity contribution in [3.8, 4) is 0 Å². The average molecular weight is 290 g/mol. The quantitative estimate of drug-likeness (QED) is 0.898. The lowest BCUT2D eigenvalue weighted by atomic mass is 9.94. The van der Waals surface area contributed by atoms with Gasteiger partial charge in [-0.1, -0.05) is 6.92 Å². The number of carbonyl (C=O) groups excluding carboxylic acids is 1. The van der Waals surface area contributed by atoms with Gasteiger partial charge in [0.1, 0.15) is 0 Å². The van der Waals surface area contributed by atoms with E-state index in [4.69, 9.17) is 0 Å². The molecule has 2 fully saturated rings. The molecule has 3 rings (SSSR count). The van der Waals surface area contributed by atoms with Crippen molar-refractivity contribution in [2.75, 3.05) is 6.54 Å². The Balaban J connectivity index is 1.79. The molecule has 0 spiro atoms. The number of aromatic nitrogens is 1. The van der Waals surface area contributed by atoms with Gasteiger partial charge in [-0.15, -0.1) is 0 Å². The molecule has 1 saturated heterocycles. The van der Waals surface area contributed by atoms with E-state index in [1.54, 1.807) is 0 Å². The van der Waals surface area contributed by atoms with Crippen molar-refractivity contribution < 1.29 is 14.7 Å². The van der Waals surface area contributed by atoms with Crippen LogP contribution in [0.1, 0.15) is 44.3 Å². The van der Waals surface area contributed by atoms with E-state index in [9.17, 15) is 14.7 Å². The van der Waals surface area contributed by atoms with E-state index < -0.39 is 11.9 Å². The maximum atomic E-state index is 12.9. The van der Waals surface area contributed by atoms with Crippen LogP contribution in [-0.2, 0) is 9.59 Å². The lowest BCUT2D eigenvalue weighted by Crippen LogP contribution is -2.39. The Bertz CT molecular complexity index is 526. The van der Waals surface area contributed by atoms with Gasteiger partial charge in [0, 0.05) is 18.4 Å². The van der Waals surface area contributed by atoms with Crippen LogP contribution in [0, 0.1) is 17.8 Å². The molecule has 2 N–H and O–H groups in total. The zero-order chi connectivity index (χ0) is 15.0. The molecule has 2 unspecified atom stereocenters. The third kappa shape index (κ3) is 2.57. The van der Waals surface area contributed by atoms with Gasteiger partial charge in [-0.3, -0.25) is 9.59 Å². The normalized spacial score (nSPS) is 32.5. The van der Waals surface area contributed by atoms with Crippen LogP contribution in [0.5, 0.6) is 0 Å². The van der Waals surface area contributed by atoms with Gasteiger partial charge in [-0.25, -0.2) is 0 Å². The lowest BCUT2D eigenvalue weighted by Gasteiger charge is -2.28. The fourth-order valence-electron chi connectivity index (χ4n) is 3.96. The van der Waals surface area contributed by atoms with Crippen LogP contribution in [0.15, 0.2) is 18.3 Å². The number of aromatic amines is 1. The van der Waals surface area contributed by atoms with Crippen LogP contribution in [0.4, 0.5) is 0 Å². The van der Waals surface area contributed by atoms with E-state index in [0.717, 1.165) is 25.1 Å². The highest BCUT2D eigenvalue weighted by Crippen LogP contribution is 2.40. The first kappa shape index (κ1) is 14.2. The minimum Gasteiger partial charge on any atom is -0.481 e. The number of likely N-dealkylation sites (tertiary alicyclic amines) is 1. The van der Waals surface area contributed by atoms with Gasteiger partial charge in [0.25, 0.3) is 0 Å². The molecule has 0 bridgehead atoms. The largest absolute Gasteiger partial charge is 0.481 e. The van der Waals surface area contributed by atoms with Crippen LogP contribution in [0.2, 0.25) is 0 Å². The number of carboxylic acid groups (broad SMARTS) is 1. The molecular formula is C16H22N2O3. The summed E-state index contributed by atoms with van der Waals surface area (Å²) >= 11 is 0. The Morgan fingerprint density at radius 1 is 1.33 bits per heavy atom. The molecule has 1 amide bonds. The third-order valence-electron chi connectivity index (χ3n) is 4.95. The van der Waals surface area contributed by atoms with E-state index in [-0.39, 0.29) is 17.9 Å². The zero-order valence-corrected chi connectivity index (χ0v) is 12.3. The molecule has 4 atom stereocenters. The van der Waals surface area contributed by atoms with Crippen molar-refractivity contribution in [3.05, 3.63) is 24.0 Å². The maximum Gasteiger partial charge on any atom is 0.307 e. The number of aliphatic carboxylic acids is 1. The molecule has 2 heterocycles. The number of hydrogen-bond donors (Lipinski definition) is 2. The fourth-order valence-corrected chi connectivity index (χ4v) is 3.96. The zero-order valence-electron chi connectivity index (χ0n) is 12.3. The number of amides is 1. The molecule has 5 nitrogen and oxygen atoms in total. The van der Waals surface area contributed by atoms with E-state index in [0.29, 0.717) is 18.8 Å². The van der Waals surface area contributed by atoms with Crippen molar-refractivity contribution in [2.45, 2.75) is 38.6 Å². The minimum atomic E-state index is -0.826. The SMILES string of the molecule is CC1C[C@H](C(=O)N2CCCC2c2ccc[nH]2)[C@H](C(=O)O)C1. The lowest BCUT2D eigenvalue weighted by molar-refractivity contribution is -0.149. The molecule has 1 aromatic heterocycles. The van der Waals surface area contributed by atoms with Crippen LogP contribution >= 0.6 is 0 Å². The summed E-state index contributed by atoms with van der Waals surface area (Å²) in [7, 11) is 0. The van der Waals surface area contributed by atoms with Crippen LogP contribution in [-0.4, -0.2) is 33.4 Å². The number of carboxylic acids is 1. The summed E-state index contributed by atoms with van der Waals surface area (Å²) in [6.07, 6.45) is 5.12. The van der Waals surface area contributed by atoms with Crippen molar-refractivity contribution in [1.82, 2.24) is 9.88 Å². The predicted molar refractivity (Wildman–Crippen MR) is 77.5 cm³/mol. The number of nitrogens with one attached hydrogen (secondary N) is 1. The Kier molecular flexibility index (Phi) is 3.74. The molecule has 21 heavy (non-hydrogen) atoms. The first-order valence-corrected chi connectivity index (χ1v) is 7.74. The second-order valence-corrected chi connectivity index (χ2v) is 6.44. The van der Waals surface area contributed by atoms with Gasteiger partial charge in [-0.05, 0) is 43.7 Å². The van der Waals surface area contributed by atoms with Gasteiger partial charge in [-0.2, -0.15) is 0 Å². The summed E-state index contributed by atoms with van der Waals surface area (Å²) in [5.74, 6) is -1.35. The van der Waals surface area contributed by atoms with E-state index >= 15 is 0 Å². The van der Waals surface area contributed by atoms with Crippen molar-refractivity contribution in [1.29, 1.82) is 0 Å². The summed E-state index contributed by atoms with van der Waals surface area (Å²) < 4.78 is 0. The Morgan fingerprint density at radius 3 is 2.76 bits per heavy atom. The maximum absolute atomic E-state index is 12.9. The summed E-state index contributed by atoms with van der Waals surface area (Å²) in [6.45, 7) is 2.77. The van der Waals surface area contributed by atoms with Crippen LogP contribution in [0.3, 0.4) is 0 Å². The van der Waals surface area contributed by atoms with Gasteiger partial charge >= 0.3 is 5.97 Å². The standard InChI is InChI=1S/C16H22N2O3/c1-10-8-11(12(9-10)16(20)21)15(19)18-7-3-5-14(18)13-4-2-6-17-13/h2,4,6,10-12,14,17H,3,5,7-9H2,1H3,(H,20,21)/t10?,11-,12+,14?/m0/s1. The Labute approximate surface area is 124 Å². The highest BCUT2D eigenvalue weighted by Gasteiger charge is 2.45. The number of rotatable bonds is 3. The van der Waals surface area contributed by atoms with Gasteiger partial charge in [0.05, 0.1) is 17.9 Å². The predicted octanol–water partition coefficient (Wildman–Crippen LogP) is 2.43. The molecular weight excluding hydrogens is 268 g/mol. The number of H-pyrrole nitrogens is 1. The molecule has 1 aliphatic carbocycles. The first-order valence-electron chi connectivity index (χ1n) is 7.74. The fraction of sp³-hybridized carbons (Fsp3) is 0.625. The Morgan fingerprint density at radius 2 is 2.10 bits per heavy atom. The highest BCUT2D eigenvalue weighted by molar-refractivity contribution is 5.85. The number of carbonyl (C=O) groups is 2. The molecule has 2 aliphatic rings. The molecule has 114 valence electrons. The molecule has 1 aliphatic heterocycles. The first-order chi connectivity index (χ1) is 10.1. The number of hydrogen-bond acceptors (Lipinski definition) is 2. The second-order valence-electron chi connectivity index (χ2n) is 6.44. The molecule has 0 radical (unpaired) electrons. The summed E-state index contributed by atoms with van der Waals surface area (Å²) in [5.41, 5.74) is 1.05. The van der Waals surface area contributed by atoms with E-state index in [2.05, 4.69) is 4.98 Å². The topological polar surface area (TPSA) is 73.4 Å². The molecule has 1 saturated carbocycles. The smallest absolute Gasteiger partial charge is 0.307 e. The summed E-state index contributed by atoms with van der Waals surface area (Å²) in [5, 5.41) is 9.37. The number of nitrogens with zero attached hydrogens (tertiary/aromatic N) is 1. The van der Waals surface area contributed by atoms with Gasteiger partial charge in [0.2, 0.25) is 5.91 Å². The second kappa shape index (κ2) is 5.54. The monoisotopic (exact) mass is 290 g/mol. The third-order valence-corrected chi connectivity index (χ3v) is 4.95. The summed E-state index contributed by atoms with van der Waals surface area (Å²) in [4.78, 5) is 29.4. The van der Waals surface area contributed by atoms with E-state index in [1.165, 1.54) is 0 Å². The summed E-state index contributed by atoms with van der Waals surface area (Å²) in [6, 6.07) is 4.02.